The Morgan fingerprint density at radius 1 is 1.25 bits per heavy atom. The van der Waals surface area contributed by atoms with Gasteiger partial charge in [0.15, 0.2) is 0 Å². The summed E-state index contributed by atoms with van der Waals surface area (Å²) in [5.74, 6) is 1.67. The number of aromatic nitrogens is 2. The second kappa shape index (κ2) is 7.27. The van der Waals surface area contributed by atoms with Gasteiger partial charge < -0.3 is 10.2 Å². The highest BCUT2D eigenvalue weighted by Gasteiger charge is 2.23. The molecule has 1 saturated heterocycles. The molecule has 0 radical (unpaired) electrons. The van der Waals surface area contributed by atoms with E-state index in [1.807, 2.05) is 12.4 Å². The van der Waals surface area contributed by atoms with Crippen molar-refractivity contribution in [3.05, 3.63) is 18.1 Å². The Balaban J connectivity index is 1.90. The van der Waals surface area contributed by atoms with Crippen LogP contribution < -0.4 is 10.2 Å². The average Bonchev–Trinajstić information content (AvgIpc) is 2.38. The van der Waals surface area contributed by atoms with Gasteiger partial charge in [-0.1, -0.05) is 27.7 Å². The molecule has 1 N–H and O–H groups in total. The number of nitrogens with zero attached hydrogens (tertiary/aromatic N) is 3. The molecule has 2 atom stereocenters. The van der Waals surface area contributed by atoms with Crippen LogP contribution in [0.5, 0.6) is 0 Å². The molecule has 20 heavy (non-hydrogen) atoms. The summed E-state index contributed by atoms with van der Waals surface area (Å²) in [5, 5.41) is 4.72. The molecule has 112 valence electrons. The van der Waals surface area contributed by atoms with E-state index < -0.39 is 0 Å². The zero-order chi connectivity index (χ0) is 14.5. The van der Waals surface area contributed by atoms with E-state index in [0.29, 0.717) is 16.4 Å². The van der Waals surface area contributed by atoms with Crippen molar-refractivity contribution in [1.82, 2.24) is 15.3 Å². The van der Waals surface area contributed by atoms with Crippen molar-refractivity contribution in [2.45, 2.75) is 44.7 Å². The predicted octanol–water partition coefficient (Wildman–Crippen LogP) is 2.55. The van der Waals surface area contributed by atoms with Crippen molar-refractivity contribution in [3.8, 4) is 0 Å². The molecular weight excluding hydrogens is 268 g/mol. The lowest BCUT2D eigenvalue weighted by Gasteiger charge is -2.35. The first-order chi connectivity index (χ1) is 9.54. The Labute approximate surface area is 126 Å². The highest BCUT2D eigenvalue weighted by molar-refractivity contribution is 8.00. The fourth-order valence-electron chi connectivity index (χ4n) is 2.46. The minimum absolute atomic E-state index is 0.660. The molecular formula is C15H26N4S. The van der Waals surface area contributed by atoms with Crippen molar-refractivity contribution in [2.75, 3.05) is 24.5 Å². The van der Waals surface area contributed by atoms with Gasteiger partial charge >= 0.3 is 0 Å². The molecule has 1 aliphatic rings. The summed E-state index contributed by atoms with van der Waals surface area (Å²) in [6.07, 6.45) is 3.82. The molecule has 2 unspecified atom stereocenters. The van der Waals surface area contributed by atoms with Gasteiger partial charge in [-0.05, 0) is 12.5 Å². The summed E-state index contributed by atoms with van der Waals surface area (Å²) < 4.78 is 0. The fourth-order valence-corrected chi connectivity index (χ4v) is 3.78. The molecule has 1 aromatic rings. The first-order valence-electron chi connectivity index (χ1n) is 7.46. The van der Waals surface area contributed by atoms with Crippen molar-refractivity contribution in [3.63, 3.8) is 0 Å². The second-order valence-corrected chi connectivity index (χ2v) is 7.93. The molecule has 1 aromatic heterocycles. The second-order valence-electron chi connectivity index (χ2n) is 6.05. The minimum atomic E-state index is 0.660. The molecule has 0 aliphatic carbocycles. The topological polar surface area (TPSA) is 41.1 Å². The molecule has 1 fully saturated rings. The maximum absolute atomic E-state index is 4.58. The Morgan fingerprint density at radius 3 is 2.50 bits per heavy atom. The Bertz CT molecular complexity index is 397. The van der Waals surface area contributed by atoms with Crippen LogP contribution >= 0.6 is 11.8 Å². The molecule has 0 saturated carbocycles. The number of nitrogens with one attached hydrogen (secondary N) is 1. The van der Waals surface area contributed by atoms with E-state index in [0.717, 1.165) is 37.7 Å². The lowest BCUT2D eigenvalue weighted by Crippen LogP contribution is -2.40. The van der Waals surface area contributed by atoms with Crippen LogP contribution in [0.25, 0.3) is 0 Å². The lowest BCUT2D eigenvalue weighted by atomic mass is 10.2. The Morgan fingerprint density at radius 2 is 1.95 bits per heavy atom. The molecule has 0 spiro atoms. The van der Waals surface area contributed by atoms with Crippen molar-refractivity contribution < 1.29 is 0 Å². The van der Waals surface area contributed by atoms with Crippen molar-refractivity contribution in [2.24, 2.45) is 5.92 Å². The van der Waals surface area contributed by atoms with E-state index in [1.54, 1.807) is 0 Å². The van der Waals surface area contributed by atoms with E-state index in [4.69, 9.17) is 0 Å². The van der Waals surface area contributed by atoms with Gasteiger partial charge in [0.25, 0.3) is 0 Å². The van der Waals surface area contributed by atoms with E-state index in [1.165, 1.54) is 0 Å². The maximum Gasteiger partial charge on any atom is 0.147 e. The third-order valence-corrected chi connectivity index (χ3v) is 4.52. The molecule has 0 aromatic carbocycles. The zero-order valence-electron chi connectivity index (χ0n) is 13.0. The molecule has 5 heteroatoms. The minimum Gasteiger partial charge on any atom is -0.353 e. The quantitative estimate of drug-likeness (QED) is 0.904. The van der Waals surface area contributed by atoms with Gasteiger partial charge in [0.1, 0.15) is 5.82 Å². The van der Waals surface area contributed by atoms with E-state index >= 15 is 0 Å². The zero-order valence-corrected chi connectivity index (χ0v) is 13.8. The standard InChI is InChI=1S/C15H26N4S/c1-11(2)5-16-6-14-7-18-15(8-17-14)19-9-12(3)20-13(4)10-19/h7-8,11-13,16H,5-6,9-10H2,1-4H3. The first kappa shape index (κ1) is 15.6. The van der Waals surface area contributed by atoms with Crippen LogP contribution in [0, 0.1) is 5.92 Å². The first-order valence-corrected chi connectivity index (χ1v) is 8.41. The Kier molecular flexibility index (Phi) is 5.66. The summed E-state index contributed by atoms with van der Waals surface area (Å²) in [6.45, 7) is 12.9. The van der Waals surface area contributed by atoms with Gasteiger partial charge in [-0.2, -0.15) is 11.8 Å². The highest BCUT2D eigenvalue weighted by atomic mass is 32.2. The van der Waals surface area contributed by atoms with Crippen LogP contribution in [0.3, 0.4) is 0 Å². The van der Waals surface area contributed by atoms with E-state index in [2.05, 4.69) is 59.6 Å². The number of thioether (sulfide) groups is 1. The van der Waals surface area contributed by atoms with Gasteiger partial charge in [0.05, 0.1) is 18.1 Å². The summed E-state index contributed by atoms with van der Waals surface area (Å²) in [4.78, 5) is 11.5. The number of anilines is 1. The fraction of sp³-hybridized carbons (Fsp3) is 0.733. The summed E-state index contributed by atoms with van der Waals surface area (Å²) in [6, 6.07) is 0. The van der Waals surface area contributed by atoms with E-state index in [-0.39, 0.29) is 0 Å². The number of hydrogen-bond acceptors (Lipinski definition) is 5. The van der Waals surface area contributed by atoms with Crippen LogP contribution in [-0.4, -0.2) is 40.1 Å². The predicted molar refractivity (Wildman–Crippen MR) is 87.3 cm³/mol. The maximum atomic E-state index is 4.58. The Hall–Kier alpha value is -0.810. The van der Waals surface area contributed by atoms with Gasteiger partial charge in [0.2, 0.25) is 0 Å². The lowest BCUT2D eigenvalue weighted by molar-refractivity contribution is 0.547. The SMILES string of the molecule is CC(C)CNCc1cnc(N2CC(C)SC(C)C2)cn1. The monoisotopic (exact) mass is 294 g/mol. The molecule has 4 nitrogen and oxygen atoms in total. The summed E-state index contributed by atoms with van der Waals surface area (Å²) in [7, 11) is 0. The van der Waals surface area contributed by atoms with Crippen LogP contribution in [0.1, 0.15) is 33.4 Å². The molecule has 2 rings (SSSR count). The number of hydrogen-bond donors (Lipinski definition) is 1. The molecule has 0 bridgehead atoms. The third-order valence-electron chi connectivity index (χ3n) is 3.29. The van der Waals surface area contributed by atoms with Crippen LogP contribution in [0.4, 0.5) is 5.82 Å². The normalized spacial score (nSPS) is 23.4. The van der Waals surface area contributed by atoms with E-state index in [9.17, 15) is 0 Å². The summed E-state index contributed by atoms with van der Waals surface area (Å²) >= 11 is 2.06. The third kappa shape index (κ3) is 4.63. The summed E-state index contributed by atoms with van der Waals surface area (Å²) in [5.41, 5.74) is 1.02. The van der Waals surface area contributed by atoms with Crippen LogP contribution in [-0.2, 0) is 6.54 Å². The van der Waals surface area contributed by atoms with Crippen LogP contribution in [0.15, 0.2) is 12.4 Å². The van der Waals surface area contributed by atoms with Crippen LogP contribution in [0.2, 0.25) is 0 Å². The highest BCUT2D eigenvalue weighted by Crippen LogP contribution is 2.27. The number of rotatable bonds is 5. The van der Waals surface area contributed by atoms with Gasteiger partial charge in [-0.25, -0.2) is 4.98 Å². The van der Waals surface area contributed by atoms with Gasteiger partial charge in [-0.3, -0.25) is 4.98 Å². The largest absolute Gasteiger partial charge is 0.353 e. The van der Waals surface area contributed by atoms with Crippen molar-refractivity contribution >= 4 is 17.6 Å². The molecule has 1 aliphatic heterocycles. The van der Waals surface area contributed by atoms with Gasteiger partial charge in [0, 0.05) is 30.1 Å². The molecule has 0 amide bonds. The molecule has 2 heterocycles. The average molecular weight is 294 g/mol. The smallest absolute Gasteiger partial charge is 0.147 e. The van der Waals surface area contributed by atoms with Gasteiger partial charge in [-0.15, -0.1) is 0 Å². The van der Waals surface area contributed by atoms with Crippen molar-refractivity contribution in [1.29, 1.82) is 0 Å².